The van der Waals surface area contributed by atoms with Gasteiger partial charge in [-0.15, -0.1) is 0 Å². The van der Waals surface area contributed by atoms with Gasteiger partial charge in [-0.25, -0.2) is 9.97 Å². The third-order valence-corrected chi connectivity index (χ3v) is 6.03. The van der Waals surface area contributed by atoms with Crippen molar-refractivity contribution in [2.45, 2.75) is 0 Å². The summed E-state index contributed by atoms with van der Waals surface area (Å²) in [6, 6.07) is 13.2. The second-order valence-corrected chi connectivity index (χ2v) is 8.10. The van der Waals surface area contributed by atoms with E-state index in [4.69, 9.17) is 4.74 Å². The fraction of sp³-hybridized carbons (Fsp3) is 0.250. The number of aryl methyl sites for hydroxylation is 1. The maximum absolute atomic E-state index is 11.9. The zero-order valence-electron chi connectivity index (χ0n) is 19.0. The molecule has 0 aliphatic carbocycles. The van der Waals surface area contributed by atoms with E-state index >= 15 is 0 Å². The first kappa shape index (κ1) is 21.7. The van der Waals surface area contributed by atoms with Gasteiger partial charge in [-0.1, -0.05) is 18.2 Å². The molecule has 2 N–H and O–H groups in total. The number of piperazine rings is 1. The van der Waals surface area contributed by atoms with Gasteiger partial charge in [-0.3, -0.25) is 10.1 Å². The molecule has 1 saturated heterocycles. The first-order valence-electron chi connectivity index (χ1n) is 11.0. The minimum absolute atomic E-state index is 0.00964. The quantitative estimate of drug-likeness (QED) is 0.332. The van der Waals surface area contributed by atoms with Crippen molar-refractivity contribution >= 4 is 33.9 Å². The summed E-state index contributed by atoms with van der Waals surface area (Å²) in [5.41, 5.74) is 3.82. The van der Waals surface area contributed by atoms with Crippen molar-refractivity contribution in [3.63, 3.8) is 0 Å². The van der Waals surface area contributed by atoms with Gasteiger partial charge in [0.1, 0.15) is 11.4 Å². The smallest absolute Gasteiger partial charge is 0.294 e. The van der Waals surface area contributed by atoms with Crippen LogP contribution in [0.3, 0.4) is 0 Å². The van der Waals surface area contributed by atoms with Crippen LogP contribution in [0, 0.1) is 10.1 Å². The lowest BCUT2D eigenvalue weighted by Crippen LogP contribution is -2.43. The van der Waals surface area contributed by atoms with Gasteiger partial charge < -0.3 is 24.8 Å². The second-order valence-electron chi connectivity index (χ2n) is 8.10. The van der Waals surface area contributed by atoms with Gasteiger partial charge in [0.2, 0.25) is 5.95 Å². The summed E-state index contributed by atoms with van der Waals surface area (Å²) < 4.78 is 7.63. The molecule has 1 aliphatic rings. The Morgan fingerprint density at radius 2 is 1.97 bits per heavy atom. The fourth-order valence-electron chi connectivity index (χ4n) is 4.36. The Hall–Kier alpha value is -4.18. The minimum Gasteiger partial charge on any atom is -0.494 e. The predicted molar refractivity (Wildman–Crippen MR) is 132 cm³/mol. The van der Waals surface area contributed by atoms with E-state index in [0.717, 1.165) is 35.2 Å². The third-order valence-electron chi connectivity index (χ3n) is 6.03. The Kier molecular flexibility index (Phi) is 5.72. The Morgan fingerprint density at radius 1 is 1.18 bits per heavy atom. The second kappa shape index (κ2) is 8.99. The fourth-order valence-corrected chi connectivity index (χ4v) is 4.36. The largest absolute Gasteiger partial charge is 0.494 e. The van der Waals surface area contributed by atoms with Crippen LogP contribution in [0.5, 0.6) is 5.75 Å². The summed E-state index contributed by atoms with van der Waals surface area (Å²) in [6.45, 7) is 2.92. The van der Waals surface area contributed by atoms with E-state index in [1.54, 1.807) is 19.4 Å². The van der Waals surface area contributed by atoms with Crippen LogP contribution in [0.1, 0.15) is 0 Å². The Balaban J connectivity index is 1.52. The molecule has 2 aromatic carbocycles. The van der Waals surface area contributed by atoms with E-state index in [2.05, 4.69) is 37.3 Å². The molecule has 0 radical (unpaired) electrons. The predicted octanol–water partition coefficient (Wildman–Crippen LogP) is 3.71. The molecule has 10 nitrogen and oxygen atoms in total. The van der Waals surface area contributed by atoms with Crippen LogP contribution in [-0.2, 0) is 7.05 Å². The molecule has 1 aliphatic heterocycles. The molecular weight excluding hydrogens is 434 g/mol. The Bertz CT molecular complexity index is 1360. The van der Waals surface area contributed by atoms with Crippen LogP contribution in [0.2, 0.25) is 0 Å². The van der Waals surface area contributed by atoms with Gasteiger partial charge in [-0.05, 0) is 12.1 Å². The van der Waals surface area contributed by atoms with Crippen LogP contribution < -0.4 is 20.3 Å². The lowest BCUT2D eigenvalue weighted by atomic mass is 10.1. The molecule has 10 heteroatoms. The van der Waals surface area contributed by atoms with Crippen molar-refractivity contribution in [2.24, 2.45) is 7.05 Å². The number of fused-ring (bicyclic) bond motifs is 1. The maximum atomic E-state index is 11.9. The molecule has 2 aromatic heterocycles. The highest BCUT2D eigenvalue weighted by atomic mass is 16.6. The summed E-state index contributed by atoms with van der Waals surface area (Å²) >= 11 is 0. The molecule has 0 amide bonds. The topological polar surface area (TPSA) is 110 Å². The van der Waals surface area contributed by atoms with Crippen LogP contribution in [0.4, 0.5) is 23.0 Å². The number of hydrogen-bond donors (Lipinski definition) is 2. The molecule has 0 saturated carbocycles. The molecule has 0 spiro atoms. The number of benzene rings is 2. The average Bonchev–Trinajstić information content (AvgIpc) is 3.21. The van der Waals surface area contributed by atoms with E-state index in [-0.39, 0.29) is 10.6 Å². The normalized spacial score (nSPS) is 13.8. The Morgan fingerprint density at radius 3 is 2.74 bits per heavy atom. The summed E-state index contributed by atoms with van der Waals surface area (Å²) in [5, 5.41) is 19.4. The summed E-state index contributed by atoms with van der Waals surface area (Å²) in [5.74, 6) is 0.811. The SMILES string of the molecule is COc1cc(N2CCNCC2)c([N+](=O)[O-])cc1Nc1nccc(-c2cn(C)c3ccccc23)n1. The molecule has 0 bridgehead atoms. The monoisotopic (exact) mass is 459 g/mol. The number of para-hydroxylation sites is 1. The molecular formula is C24H25N7O3. The van der Waals surface area contributed by atoms with E-state index in [0.29, 0.717) is 36.2 Å². The highest BCUT2D eigenvalue weighted by Gasteiger charge is 2.25. The molecule has 4 aromatic rings. The summed E-state index contributed by atoms with van der Waals surface area (Å²) in [7, 11) is 3.54. The summed E-state index contributed by atoms with van der Waals surface area (Å²) in [4.78, 5) is 22.5. The third kappa shape index (κ3) is 3.99. The van der Waals surface area contributed by atoms with E-state index in [9.17, 15) is 10.1 Å². The number of hydrogen-bond acceptors (Lipinski definition) is 8. The van der Waals surface area contributed by atoms with E-state index in [1.807, 2.05) is 36.3 Å². The number of rotatable bonds is 6. The van der Waals surface area contributed by atoms with Crippen LogP contribution in [0.15, 0.2) is 54.9 Å². The van der Waals surface area contributed by atoms with Crippen molar-refractivity contribution < 1.29 is 9.66 Å². The molecule has 1 fully saturated rings. The van der Waals surface area contributed by atoms with Gasteiger partial charge in [0.25, 0.3) is 5.69 Å². The zero-order valence-corrected chi connectivity index (χ0v) is 19.0. The number of methoxy groups -OCH3 is 1. The molecule has 0 unspecified atom stereocenters. The lowest BCUT2D eigenvalue weighted by molar-refractivity contribution is -0.384. The summed E-state index contributed by atoms with van der Waals surface area (Å²) in [6.07, 6.45) is 3.70. The number of nitrogens with zero attached hydrogens (tertiary/aromatic N) is 5. The van der Waals surface area contributed by atoms with Crippen molar-refractivity contribution in [3.05, 3.63) is 65.0 Å². The number of nitrogens with one attached hydrogen (secondary N) is 2. The van der Waals surface area contributed by atoms with Crippen molar-refractivity contribution in [3.8, 4) is 17.0 Å². The van der Waals surface area contributed by atoms with Crippen LogP contribution in [0.25, 0.3) is 22.2 Å². The molecule has 34 heavy (non-hydrogen) atoms. The Labute approximate surface area is 196 Å². The average molecular weight is 460 g/mol. The first-order valence-corrected chi connectivity index (χ1v) is 11.0. The van der Waals surface area contributed by atoms with Crippen molar-refractivity contribution in [1.82, 2.24) is 19.9 Å². The van der Waals surface area contributed by atoms with E-state index < -0.39 is 0 Å². The molecule has 5 rings (SSSR count). The van der Waals surface area contributed by atoms with E-state index in [1.165, 1.54) is 6.07 Å². The maximum Gasteiger partial charge on any atom is 0.294 e. The molecule has 0 atom stereocenters. The van der Waals surface area contributed by atoms with Gasteiger partial charge in [0, 0.05) is 74.2 Å². The van der Waals surface area contributed by atoms with Gasteiger partial charge in [0.15, 0.2) is 0 Å². The minimum atomic E-state index is -0.366. The number of nitro benzene ring substituents is 1. The highest BCUT2D eigenvalue weighted by Crippen LogP contribution is 2.39. The standard InChI is InChI=1S/C24H25N7O3/c1-29-15-17(16-5-3-4-6-20(16)29)18-7-8-26-24(27-18)28-19-13-22(31(32)33)21(14-23(19)34-2)30-11-9-25-10-12-30/h3-8,13-15,25H,9-12H2,1-2H3,(H,26,27,28). The number of anilines is 3. The van der Waals surface area contributed by atoms with Crippen LogP contribution in [-0.4, -0.2) is 52.7 Å². The number of nitro groups is 1. The number of ether oxygens (including phenoxy) is 1. The zero-order chi connectivity index (χ0) is 23.7. The molecule has 174 valence electrons. The van der Waals surface area contributed by atoms with Gasteiger partial charge >= 0.3 is 0 Å². The van der Waals surface area contributed by atoms with Gasteiger partial charge in [0.05, 0.1) is 23.4 Å². The van der Waals surface area contributed by atoms with Gasteiger partial charge in [-0.2, -0.15) is 0 Å². The van der Waals surface area contributed by atoms with Crippen molar-refractivity contribution in [2.75, 3.05) is 43.5 Å². The first-order chi connectivity index (χ1) is 16.5. The number of aromatic nitrogens is 3. The molecule has 3 heterocycles. The lowest BCUT2D eigenvalue weighted by Gasteiger charge is -2.29. The van der Waals surface area contributed by atoms with Crippen molar-refractivity contribution in [1.29, 1.82) is 0 Å². The highest BCUT2D eigenvalue weighted by molar-refractivity contribution is 5.95. The van der Waals surface area contributed by atoms with Crippen LogP contribution >= 0.6 is 0 Å².